The molecule has 0 saturated carbocycles. The average Bonchev–Trinajstić information content (AvgIpc) is 2.20. The molecule has 0 aromatic heterocycles. The van der Waals surface area contributed by atoms with Gasteiger partial charge in [0.2, 0.25) is 0 Å². The minimum atomic E-state index is 0.585. The highest BCUT2D eigenvalue weighted by molar-refractivity contribution is 14.1. The molecule has 0 N–H and O–H groups in total. The van der Waals surface area contributed by atoms with Crippen LogP contribution in [0.15, 0.2) is 24.8 Å². The quantitative estimate of drug-likeness (QED) is 0.522. The summed E-state index contributed by atoms with van der Waals surface area (Å²) in [6.07, 6.45) is 2.97. The van der Waals surface area contributed by atoms with E-state index in [9.17, 15) is 0 Å². The van der Waals surface area contributed by atoms with Crippen molar-refractivity contribution in [1.29, 1.82) is 0 Å². The fourth-order valence-corrected chi connectivity index (χ4v) is 2.78. The topological polar surface area (TPSA) is 0 Å². The van der Waals surface area contributed by atoms with Crippen molar-refractivity contribution >= 4 is 22.6 Å². The SMILES string of the molecule is C=CCc1c(I)cc(C(C)C)cc1C(C)C. The molecule has 1 aromatic rings. The molecule has 16 heavy (non-hydrogen) atoms. The predicted octanol–water partition coefficient (Wildman–Crippen LogP) is 5.27. The van der Waals surface area contributed by atoms with Crippen LogP contribution in [0.2, 0.25) is 0 Å². The van der Waals surface area contributed by atoms with Crippen molar-refractivity contribution in [3.05, 3.63) is 45.0 Å². The number of allylic oxidation sites excluding steroid dienone is 1. The Kier molecular flexibility index (Phi) is 5.03. The number of benzene rings is 1. The number of hydrogen-bond donors (Lipinski definition) is 0. The molecule has 0 atom stereocenters. The molecular weight excluding hydrogens is 307 g/mol. The van der Waals surface area contributed by atoms with Crippen LogP contribution in [0.4, 0.5) is 0 Å². The molecule has 0 amide bonds. The van der Waals surface area contributed by atoms with Crippen molar-refractivity contribution in [2.75, 3.05) is 0 Å². The third-order valence-electron chi connectivity index (χ3n) is 2.89. The van der Waals surface area contributed by atoms with Crippen molar-refractivity contribution in [3.63, 3.8) is 0 Å². The Morgan fingerprint density at radius 2 is 1.81 bits per heavy atom. The zero-order valence-corrected chi connectivity index (χ0v) is 12.8. The van der Waals surface area contributed by atoms with Gasteiger partial charge in [0.05, 0.1) is 0 Å². The lowest BCUT2D eigenvalue weighted by Gasteiger charge is -2.17. The Labute approximate surface area is 113 Å². The van der Waals surface area contributed by atoms with Gasteiger partial charge in [-0.2, -0.15) is 0 Å². The van der Waals surface area contributed by atoms with Gasteiger partial charge in [0.25, 0.3) is 0 Å². The molecule has 0 spiro atoms. The maximum Gasteiger partial charge on any atom is 0.0171 e. The summed E-state index contributed by atoms with van der Waals surface area (Å²) >= 11 is 2.45. The molecule has 1 heteroatoms. The minimum Gasteiger partial charge on any atom is -0.103 e. The van der Waals surface area contributed by atoms with Crippen LogP contribution in [0.1, 0.15) is 56.2 Å². The van der Waals surface area contributed by atoms with Crippen molar-refractivity contribution in [2.24, 2.45) is 0 Å². The smallest absolute Gasteiger partial charge is 0.0171 e. The molecular formula is C15H21I. The second-order valence-electron chi connectivity index (χ2n) is 4.87. The Balaban J connectivity index is 3.33. The normalized spacial score (nSPS) is 11.2. The van der Waals surface area contributed by atoms with Crippen molar-refractivity contribution in [1.82, 2.24) is 0 Å². The Morgan fingerprint density at radius 1 is 1.19 bits per heavy atom. The van der Waals surface area contributed by atoms with Gasteiger partial charge in [-0.25, -0.2) is 0 Å². The van der Waals surface area contributed by atoms with Crippen molar-refractivity contribution in [2.45, 2.75) is 46.0 Å². The fraction of sp³-hybridized carbons (Fsp3) is 0.467. The summed E-state index contributed by atoms with van der Waals surface area (Å²) in [7, 11) is 0. The van der Waals surface area contributed by atoms with Gasteiger partial charge < -0.3 is 0 Å². The molecule has 0 nitrogen and oxygen atoms in total. The number of rotatable bonds is 4. The van der Waals surface area contributed by atoms with Crippen LogP contribution in [0, 0.1) is 3.57 Å². The van der Waals surface area contributed by atoms with Crippen LogP contribution in [-0.2, 0) is 6.42 Å². The van der Waals surface area contributed by atoms with Crippen LogP contribution >= 0.6 is 22.6 Å². The van der Waals surface area contributed by atoms with Gasteiger partial charge in [0, 0.05) is 3.57 Å². The molecule has 0 aliphatic heterocycles. The molecule has 1 rings (SSSR count). The third kappa shape index (κ3) is 3.09. The van der Waals surface area contributed by atoms with E-state index < -0.39 is 0 Å². The average molecular weight is 328 g/mol. The van der Waals surface area contributed by atoms with Gasteiger partial charge in [-0.1, -0.05) is 39.8 Å². The van der Waals surface area contributed by atoms with E-state index in [1.54, 1.807) is 0 Å². The number of halogens is 1. The van der Waals surface area contributed by atoms with Crippen LogP contribution in [0.5, 0.6) is 0 Å². The lowest BCUT2D eigenvalue weighted by atomic mass is 9.90. The van der Waals surface area contributed by atoms with Gasteiger partial charge in [-0.05, 0) is 63.6 Å². The lowest BCUT2D eigenvalue weighted by Crippen LogP contribution is -2.02. The summed E-state index contributed by atoms with van der Waals surface area (Å²) in [5.74, 6) is 1.19. The lowest BCUT2D eigenvalue weighted by molar-refractivity contribution is 0.819. The van der Waals surface area contributed by atoms with Gasteiger partial charge in [-0.3, -0.25) is 0 Å². The summed E-state index contributed by atoms with van der Waals surface area (Å²) in [5, 5.41) is 0. The second-order valence-corrected chi connectivity index (χ2v) is 6.03. The predicted molar refractivity (Wildman–Crippen MR) is 81.2 cm³/mol. The van der Waals surface area contributed by atoms with Crippen LogP contribution in [0.25, 0.3) is 0 Å². The highest BCUT2D eigenvalue weighted by atomic mass is 127. The van der Waals surface area contributed by atoms with E-state index in [-0.39, 0.29) is 0 Å². The Hall–Kier alpha value is -0.310. The monoisotopic (exact) mass is 328 g/mol. The van der Waals surface area contributed by atoms with Gasteiger partial charge in [0.1, 0.15) is 0 Å². The van der Waals surface area contributed by atoms with Crippen LogP contribution < -0.4 is 0 Å². The third-order valence-corrected chi connectivity index (χ3v) is 3.85. The fourth-order valence-electron chi connectivity index (χ4n) is 1.89. The molecule has 88 valence electrons. The van der Waals surface area contributed by atoms with Crippen LogP contribution in [-0.4, -0.2) is 0 Å². The molecule has 0 bridgehead atoms. The Bertz CT molecular complexity index is 375. The first-order valence-electron chi connectivity index (χ1n) is 5.90. The molecule has 0 aliphatic carbocycles. The summed E-state index contributed by atoms with van der Waals surface area (Å²) in [4.78, 5) is 0. The zero-order valence-electron chi connectivity index (χ0n) is 10.7. The molecule has 0 aliphatic rings. The summed E-state index contributed by atoms with van der Waals surface area (Å²) in [6, 6.07) is 4.69. The maximum atomic E-state index is 3.85. The summed E-state index contributed by atoms with van der Waals surface area (Å²) in [6.45, 7) is 12.9. The largest absolute Gasteiger partial charge is 0.103 e. The van der Waals surface area contributed by atoms with Crippen molar-refractivity contribution < 1.29 is 0 Å². The van der Waals surface area contributed by atoms with E-state index in [1.165, 1.54) is 20.3 Å². The first-order valence-corrected chi connectivity index (χ1v) is 6.98. The minimum absolute atomic E-state index is 0.585. The highest BCUT2D eigenvalue weighted by Crippen LogP contribution is 2.29. The first-order chi connectivity index (χ1) is 7.47. The van der Waals surface area contributed by atoms with Gasteiger partial charge in [0.15, 0.2) is 0 Å². The summed E-state index contributed by atoms with van der Waals surface area (Å²) in [5.41, 5.74) is 4.38. The van der Waals surface area contributed by atoms with E-state index in [0.29, 0.717) is 11.8 Å². The zero-order chi connectivity index (χ0) is 12.3. The maximum absolute atomic E-state index is 3.85. The van der Waals surface area contributed by atoms with E-state index in [2.05, 4.69) is 69.0 Å². The van der Waals surface area contributed by atoms with E-state index >= 15 is 0 Å². The van der Waals surface area contributed by atoms with E-state index in [1.807, 2.05) is 6.08 Å². The number of hydrogen-bond acceptors (Lipinski definition) is 0. The van der Waals surface area contributed by atoms with E-state index in [0.717, 1.165) is 6.42 Å². The standard InChI is InChI=1S/C15H21I/c1-6-7-13-14(11(4)5)8-12(10(2)3)9-15(13)16/h6,8-11H,1,7H2,2-5H3. The Morgan fingerprint density at radius 3 is 2.25 bits per heavy atom. The molecule has 0 saturated heterocycles. The van der Waals surface area contributed by atoms with Gasteiger partial charge in [-0.15, -0.1) is 6.58 Å². The highest BCUT2D eigenvalue weighted by Gasteiger charge is 2.12. The molecule has 0 heterocycles. The van der Waals surface area contributed by atoms with E-state index in [4.69, 9.17) is 0 Å². The molecule has 0 radical (unpaired) electrons. The second kappa shape index (κ2) is 5.85. The van der Waals surface area contributed by atoms with Crippen molar-refractivity contribution in [3.8, 4) is 0 Å². The van der Waals surface area contributed by atoms with Gasteiger partial charge >= 0.3 is 0 Å². The molecule has 1 aromatic carbocycles. The molecule has 0 unspecified atom stereocenters. The summed E-state index contributed by atoms with van der Waals surface area (Å²) < 4.78 is 1.38. The van der Waals surface area contributed by atoms with Crippen LogP contribution in [0.3, 0.4) is 0 Å². The molecule has 0 fully saturated rings. The first kappa shape index (κ1) is 13.8.